The minimum atomic E-state index is 0.0164. The summed E-state index contributed by atoms with van der Waals surface area (Å²) >= 11 is 0. The van der Waals surface area contributed by atoms with Crippen LogP contribution in [0.4, 0.5) is 0 Å². The van der Waals surface area contributed by atoms with Crippen LogP contribution in [0, 0.1) is 0 Å². The van der Waals surface area contributed by atoms with E-state index in [-0.39, 0.29) is 6.04 Å². The first-order chi connectivity index (χ1) is 7.90. The van der Waals surface area contributed by atoms with Crippen molar-refractivity contribution in [2.24, 2.45) is 0 Å². The Morgan fingerprint density at radius 3 is 2.69 bits per heavy atom. The summed E-state index contributed by atoms with van der Waals surface area (Å²) in [5, 5.41) is 0. The lowest BCUT2D eigenvalue weighted by Crippen LogP contribution is -2.27. The van der Waals surface area contributed by atoms with Crippen molar-refractivity contribution in [3.05, 3.63) is 66.4 Å². The second kappa shape index (κ2) is 5.12. The van der Waals surface area contributed by atoms with E-state index in [0.29, 0.717) is 0 Å². The molecule has 1 aromatic rings. The van der Waals surface area contributed by atoms with E-state index >= 15 is 0 Å². The van der Waals surface area contributed by atoms with Gasteiger partial charge in [-0.3, -0.25) is 4.79 Å². The van der Waals surface area contributed by atoms with Gasteiger partial charge in [-0.2, -0.15) is 0 Å². The molecule has 1 unspecified atom stereocenters. The van der Waals surface area contributed by atoms with Crippen LogP contribution >= 0.6 is 0 Å². The van der Waals surface area contributed by atoms with E-state index in [1.165, 1.54) is 0 Å². The van der Waals surface area contributed by atoms with Crippen LogP contribution in [0.2, 0.25) is 0 Å². The summed E-state index contributed by atoms with van der Waals surface area (Å²) in [5.41, 5.74) is 1.14. The minimum Gasteiger partial charge on any atom is -0.311 e. The molecule has 16 heavy (non-hydrogen) atoms. The van der Waals surface area contributed by atoms with Crippen LogP contribution in [-0.4, -0.2) is 17.4 Å². The van der Waals surface area contributed by atoms with Gasteiger partial charge >= 0.3 is 0 Å². The fourth-order valence-corrected chi connectivity index (χ4v) is 1.57. The van der Waals surface area contributed by atoms with Crippen LogP contribution in [0.15, 0.2) is 60.8 Å². The summed E-state index contributed by atoms with van der Waals surface area (Å²) in [4.78, 5) is 12.4. The first kappa shape index (κ1) is 10.4. The van der Waals surface area contributed by atoms with Crippen molar-refractivity contribution in [1.29, 1.82) is 0 Å². The summed E-state index contributed by atoms with van der Waals surface area (Å²) in [6, 6.07) is 10.1. The Balaban J connectivity index is 2.09. The fraction of sp³-hybridized carbons (Fsp3) is 0.0714. The van der Waals surface area contributed by atoms with Crippen LogP contribution < -0.4 is 0 Å². The predicted molar refractivity (Wildman–Crippen MR) is 65.4 cm³/mol. The molecule has 1 aliphatic heterocycles. The summed E-state index contributed by atoms with van der Waals surface area (Å²) in [6.45, 7) is 0. The lowest BCUT2D eigenvalue weighted by atomic mass is 10.1. The standard InChI is InChI=1S/C14H13NO/c16-12-15-11-5-4-8-14(15)10-9-13-6-2-1-3-7-13/h1-12,14H. The monoisotopic (exact) mass is 211 g/mol. The van der Waals surface area contributed by atoms with E-state index < -0.39 is 0 Å². The molecule has 80 valence electrons. The van der Waals surface area contributed by atoms with Gasteiger partial charge in [-0.15, -0.1) is 0 Å². The third kappa shape index (κ3) is 2.48. The molecule has 2 nitrogen and oxygen atoms in total. The maximum Gasteiger partial charge on any atom is 0.214 e. The molecule has 0 aliphatic carbocycles. The molecule has 2 rings (SSSR count). The summed E-state index contributed by atoms with van der Waals surface area (Å²) in [6.07, 6.45) is 12.4. The highest BCUT2D eigenvalue weighted by atomic mass is 16.1. The first-order valence-corrected chi connectivity index (χ1v) is 5.21. The van der Waals surface area contributed by atoms with Gasteiger partial charge in [0.2, 0.25) is 6.41 Å². The molecular weight excluding hydrogens is 198 g/mol. The van der Waals surface area contributed by atoms with Crippen molar-refractivity contribution >= 4 is 12.5 Å². The Morgan fingerprint density at radius 1 is 1.12 bits per heavy atom. The number of nitrogens with zero attached hydrogens (tertiary/aromatic N) is 1. The molecule has 1 amide bonds. The zero-order valence-corrected chi connectivity index (χ0v) is 8.86. The maximum atomic E-state index is 10.8. The third-order valence-electron chi connectivity index (χ3n) is 2.43. The third-order valence-corrected chi connectivity index (χ3v) is 2.43. The van der Waals surface area contributed by atoms with Crippen molar-refractivity contribution in [1.82, 2.24) is 4.90 Å². The van der Waals surface area contributed by atoms with Crippen LogP contribution in [0.5, 0.6) is 0 Å². The molecule has 0 bridgehead atoms. The number of carbonyl (C=O) groups is 1. The van der Waals surface area contributed by atoms with Crippen molar-refractivity contribution in [2.75, 3.05) is 0 Å². The summed E-state index contributed by atoms with van der Waals surface area (Å²) in [5.74, 6) is 0. The number of rotatable bonds is 3. The van der Waals surface area contributed by atoms with E-state index in [4.69, 9.17) is 0 Å². The average molecular weight is 211 g/mol. The van der Waals surface area contributed by atoms with Crippen molar-refractivity contribution < 1.29 is 4.79 Å². The van der Waals surface area contributed by atoms with E-state index in [0.717, 1.165) is 12.0 Å². The molecule has 0 aromatic heterocycles. The molecule has 0 saturated heterocycles. The summed E-state index contributed by atoms with van der Waals surface area (Å²) < 4.78 is 0. The quantitative estimate of drug-likeness (QED) is 0.704. The van der Waals surface area contributed by atoms with Gasteiger partial charge < -0.3 is 4.90 Å². The Morgan fingerprint density at radius 2 is 1.94 bits per heavy atom. The normalized spacial score (nSPS) is 19.2. The van der Waals surface area contributed by atoms with Crippen molar-refractivity contribution in [3.63, 3.8) is 0 Å². The summed E-state index contributed by atoms with van der Waals surface area (Å²) in [7, 11) is 0. The second-order valence-electron chi connectivity index (χ2n) is 3.54. The first-order valence-electron chi connectivity index (χ1n) is 5.21. The lowest BCUT2D eigenvalue weighted by molar-refractivity contribution is -0.116. The van der Waals surface area contributed by atoms with Crippen LogP contribution in [0.25, 0.3) is 6.08 Å². The Kier molecular flexibility index (Phi) is 3.34. The van der Waals surface area contributed by atoms with Gasteiger partial charge in [0.1, 0.15) is 0 Å². The van der Waals surface area contributed by atoms with Crippen molar-refractivity contribution in [2.45, 2.75) is 6.04 Å². The molecule has 1 atom stereocenters. The molecule has 0 saturated carbocycles. The molecule has 0 N–H and O–H groups in total. The van der Waals surface area contributed by atoms with Crippen molar-refractivity contribution in [3.8, 4) is 0 Å². The largest absolute Gasteiger partial charge is 0.311 e. The smallest absolute Gasteiger partial charge is 0.214 e. The van der Waals surface area contributed by atoms with E-state index in [1.807, 2.05) is 60.7 Å². The topological polar surface area (TPSA) is 20.3 Å². The van der Waals surface area contributed by atoms with Gasteiger partial charge in [-0.25, -0.2) is 0 Å². The van der Waals surface area contributed by atoms with E-state index in [9.17, 15) is 4.79 Å². The Labute approximate surface area is 95.2 Å². The minimum absolute atomic E-state index is 0.0164. The molecular formula is C14H13NO. The molecule has 0 fully saturated rings. The highest BCUT2D eigenvalue weighted by Crippen LogP contribution is 2.10. The second-order valence-corrected chi connectivity index (χ2v) is 3.54. The van der Waals surface area contributed by atoms with Gasteiger partial charge in [0.25, 0.3) is 0 Å². The molecule has 0 spiro atoms. The number of amides is 1. The number of hydrogen-bond acceptors (Lipinski definition) is 1. The zero-order chi connectivity index (χ0) is 11.2. The molecule has 0 radical (unpaired) electrons. The van der Waals surface area contributed by atoms with Gasteiger partial charge in [0, 0.05) is 6.20 Å². The highest BCUT2D eigenvalue weighted by Gasteiger charge is 2.09. The van der Waals surface area contributed by atoms with Gasteiger partial charge in [0.05, 0.1) is 6.04 Å². The predicted octanol–water partition coefficient (Wildman–Crippen LogP) is 2.61. The number of hydrogen-bond donors (Lipinski definition) is 0. The number of allylic oxidation sites excluding steroid dienone is 2. The SMILES string of the molecule is O=CN1C=CC=CC1C=Cc1ccccc1. The molecule has 1 heterocycles. The maximum absolute atomic E-state index is 10.8. The lowest BCUT2D eigenvalue weighted by Gasteiger charge is -2.21. The van der Waals surface area contributed by atoms with Crippen LogP contribution in [0.3, 0.4) is 0 Å². The number of carbonyl (C=O) groups excluding carboxylic acids is 1. The van der Waals surface area contributed by atoms with Gasteiger partial charge in [-0.1, -0.05) is 54.6 Å². The molecule has 2 heteroatoms. The highest BCUT2D eigenvalue weighted by molar-refractivity contribution is 5.56. The number of benzene rings is 1. The average Bonchev–Trinajstić information content (AvgIpc) is 2.38. The zero-order valence-electron chi connectivity index (χ0n) is 8.86. The van der Waals surface area contributed by atoms with Crippen LogP contribution in [0.1, 0.15) is 5.56 Å². The van der Waals surface area contributed by atoms with Gasteiger partial charge in [-0.05, 0) is 11.6 Å². The fourth-order valence-electron chi connectivity index (χ4n) is 1.57. The van der Waals surface area contributed by atoms with Gasteiger partial charge in [0.15, 0.2) is 0 Å². The Hall–Kier alpha value is -2.09. The van der Waals surface area contributed by atoms with Crippen LogP contribution in [-0.2, 0) is 4.79 Å². The molecule has 1 aromatic carbocycles. The van der Waals surface area contributed by atoms with E-state index in [1.54, 1.807) is 11.1 Å². The molecule has 1 aliphatic rings. The van der Waals surface area contributed by atoms with E-state index in [2.05, 4.69) is 0 Å². The Bertz CT molecular complexity index is 431.